The first kappa shape index (κ1) is 35.2. The van der Waals surface area contributed by atoms with Gasteiger partial charge in [-0.15, -0.1) is 0 Å². The average molecular weight is 625 g/mol. The highest BCUT2D eigenvalue weighted by Crippen LogP contribution is 2.38. The van der Waals surface area contributed by atoms with Crippen LogP contribution in [0.15, 0.2) is 72.8 Å². The van der Waals surface area contributed by atoms with Gasteiger partial charge in [0.1, 0.15) is 6.61 Å². The number of hydrogen-bond acceptors (Lipinski definition) is 9. The predicted octanol–water partition coefficient (Wildman–Crippen LogP) is 5.07. The molecule has 11 heteroatoms. The first-order chi connectivity index (χ1) is 21.9. The number of methoxy groups -OCH3 is 3. The molecule has 3 aromatic rings. The molecular formula is C34H44N2O9. The second-order valence-corrected chi connectivity index (χ2v) is 9.87. The van der Waals surface area contributed by atoms with Crippen molar-refractivity contribution in [3.8, 4) is 17.2 Å². The van der Waals surface area contributed by atoms with Crippen molar-refractivity contribution in [1.29, 1.82) is 0 Å². The fourth-order valence-electron chi connectivity index (χ4n) is 4.56. The van der Waals surface area contributed by atoms with Crippen LogP contribution < -0.4 is 19.5 Å². The lowest BCUT2D eigenvalue weighted by atomic mass is 10.1. The third-order valence-electron chi connectivity index (χ3n) is 6.68. The van der Waals surface area contributed by atoms with Crippen molar-refractivity contribution in [2.45, 2.75) is 39.4 Å². The van der Waals surface area contributed by atoms with Crippen LogP contribution >= 0.6 is 0 Å². The smallest absolute Gasteiger partial charge is 0.407 e. The second kappa shape index (κ2) is 19.1. The van der Waals surface area contributed by atoms with Gasteiger partial charge in [0.05, 0.1) is 47.1 Å². The standard InChI is InChI=1S/C34H44N2O9/c1-6-43-31(44-7-2)21-36(33(37)27-18-29(39-3)32(41-5)30(19-27)40-4)20-28(24-42-22-25-14-10-8-11-15-25)35-34(38)45-23-26-16-12-9-13-17-26/h8-19,28,31H,6-7,20-24H2,1-5H3,(H,35,38)/t28-/m0/s1. The number of carbonyl (C=O) groups excluding carboxylic acids is 2. The van der Waals surface area contributed by atoms with E-state index in [0.29, 0.717) is 37.1 Å². The predicted molar refractivity (Wildman–Crippen MR) is 169 cm³/mol. The molecule has 0 fully saturated rings. The van der Waals surface area contributed by atoms with Gasteiger partial charge in [0.2, 0.25) is 5.75 Å². The molecule has 11 nitrogen and oxygen atoms in total. The van der Waals surface area contributed by atoms with E-state index in [1.165, 1.54) is 21.3 Å². The molecule has 3 aromatic carbocycles. The summed E-state index contributed by atoms with van der Waals surface area (Å²) in [6, 6.07) is 21.6. The van der Waals surface area contributed by atoms with Crippen LogP contribution in [0.4, 0.5) is 4.79 Å². The van der Waals surface area contributed by atoms with E-state index in [2.05, 4.69) is 5.32 Å². The second-order valence-electron chi connectivity index (χ2n) is 9.87. The lowest BCUT2D eigenvalue weighted by Crippen LogP contribution is -2.50. The summed E-state index contributed by atoms with van der Waals surface area (Å²) in [5.74, 6) is 0.652. The summed E-state index contributed by atoms with van der Waals surface area (Å²) in [7, 11) is 4.45. The normalized spacial score (nSPS) is 11.5. The van der Waals surface area contributed by atoms with Crippen molar-refractivity contribution in [3.05, 3.63) is 89.5 Å². The molecule has 244 valence electrons. The Bertz CT molecular complexity index is 1280. The maximum absolute atomic E-state index is 14.1. The van der Waals surface area contributed by atoms with Gasteiger partial charge >= 0.3 is 6.09 Å². The van der Waals surface area contributed by atoms with E-state index in [-0.39, 0.29) is 37.8 Å². The van der Waals surface area contributed by atoms with Crippen LogP contribution in [0.2, 0.25) is 0 Å². The highest BCUT2D eigenvalue weighted by molar-refractivity contribution is 5.95. The zero-order valence-electron chi connectivity index (χ0n) is 26.7. The maximum atomic E-state index is 14.1. The molecule has 0 bridgehead atoms. The van der Waals surface area contributed by atoms with Crippen LogP contribution in [-0.4, -0.2) is 83.5 Å². The molecule has 0 saturated carbocycles. The number of hydrogen-bond donors (Lipinski definition) is 1. The van der Waals surface area contributed by atoms with Crippen molar-refractivity contribution in [3.63, 3.8) is 0 Å². The number of nitrogens with one attached hydrogen (secondary N) is 1. The summed E-state index contributed by atoms with van der Waals surface area (Å²) < 4.78 is 39.5. The van der Waals surface area contributed by atoms with E-state index < -0.39 is 18.4 Å². The van der Waals surface area contributed by atoms with Gasteiger partial charge in [-0.05, 0) is 37.1 Å². The highest BCUT2D eigenvalue weighted by atomic mass is 16.7. The molecule has 0 aliphatic rings. The molecule has 45 heavy (non-hydrogen) atoms. The van der Waals surface area contributed by atoms with Crippen LogP contribution in [0.5, 0.6) is 17.2 Å². The molecule has 0 saturated heterocycles. The fourth-order valence-corrected chi connectivity index (χ4v) is 4.56. The lowest BCUT2D eigenvalue weighted by Gasteiger charge is -2.31. The Hall–Kier alpha value is -4.32. The number of alkyl carbamates (subject to hydrolysis) is 1. The molecule has 2 amide bonds. The van der Waals surface area contributed by atoms with Crippen molar-refractivity contribution in [2.75, 3.05) is 54.2 Å². The van der Waals surface area contributed by atoms with Crippen LogP contribution in [0.1, 0.15) is 35.3 Å². The summed E-state index contributed by atoms with van der Waals surface area (Å²) in [5, 5.41) is 2.88. The molecule has 3 rings (SSSR count). The molecule has 0 aliphatic carbocycles. The van der Waals surface area contributed by atoms with E-state index in [9.17, 15) is 9.59 Å². The van der Waals surface area contributed by atoms with Crippen molar-refractivity contribution in [2.24, 2.45) is 0 Å². The Labute approximate surface area is 265 Å². The molecule has 0 spiro atoms. The van der Waals surface area contributed by atoms with E-state index in [0.717, 1.165) is 11.1 Å². The quantitative estimate of drug-likeness (QED) is 0.183. The van der Waals surface area contributed by atoms with Crippen molar-refractivity contribution >= 4 is 12.0 Å². The molecule has 0 unspecified atom stereocenters. The lowest BCUT2D eigenvalue weighted by molar-refractivity contribution is -0.144. The number of rotatable bonds is 19. The van der Waals surface area contributed by atoms with Gasteiger partial charge in [-0.3, -0.25) is 4.79 Å². The molecular weight excluding hydrogens is 580 g/mol. The molecule has 0 heterocycles. The summed E-state index contributed by atoms with van der Waals surface area (Å²) >= 11 is 0. The van der Waals surface area contributed by atoms with Gasteiger partial charge in [-0.1, -0.05) is 60.7 Å². The SMILES string of the molecule is CCOC(CN(C[C@@H](COCc1ccccc1)NC(=O)OCc1ccccc1)C(=O)c1cc(OC)c(OC)c(OC)c1)OCC. The number of benzene rings is 3. The van der Waals surface area contributed by atoms with Crippen LogP contribution in [0.25, 0.3) is 0 Å². The first-order valence-electron chi connectivity index (χ1n) is 14.8. The van der Waals surface area contributed by atoms with Crippen LogP contribution in [-0.2, 0) is 32.2 Å². The Morgan fingerprint density at radius 3 is 1.82 bits per heavy atom. The van der Waals surface area contributed by atoms with E-state index in [4.69, 9.17) is 33.2 Å². The third kappa shape index (κ3) is 11.3. The largest absolute Gasteiger partial charge is 0.493 e. The number of amides is 2. The zero-order chi connectivity index (χ0) is 32.4. The van der Waals surface area contributed by atoms with E-state index in [1.54, 1.807) is 17.0 Å². The third-order valence-corrected chi connectivity index (χ3v) is 6.68. The molecule has 1 N–H and O–H groups in total. The van der Waals surface area contributed by atoms with Gasteiger partial charge in [0, 0.05) is 25.3 Å². The number of carbonyl (C=O) groups is 2. The Kier molecular flexibility index (Phi) is 15.0. The minimum Gasteiger partial charge on any atom is -0.493 e. The van der Waals surface area contributed by atoms with Gasteiger partial charge in [-0.25, -0.2) is 4.79 Å². The minimum absolute atomic E-state index is 0.0569. The minimum atomic E-state index is -0.707. The summed E-state index contributed by atoms with van der Waals surface area (Å²) in [5.41, 5.74) is 2.10. The van der Waals surface area contributed by atoms with Crippen LogP contribution in [0, 0.1) is 0 Å². The van der Waals surface area contributed by atoms with Gasteiger partial charge < -0.3 is 43.4 Å². The first-order valence-corrected chi connectivity index (χ1v) is 14.8. The van der Waals surface area contributed by atoms with E-state index in [1.807, 2.05) is 74.5 Å². The van der Waals surface area contributed by atoms with Gasteiger partial charge in [0.25, 0.3) is 5.91 Å². The zero-order valence-corrected chi connectivity index (χ0v) is 26.7. The molecule has 0 radical (unpaired) electrons. The summed E-state index contributed by atoms with van der Waals surface area (Å²) in [6.45, 7) is 5.10. The summed E-state index contributed by atoms with van der Waals surface area (Å²) in [4.78, 5) is 28.6. The van der Waals surface area contributed by atoms with Gasteiger partial charge in [-0.2, -0.15) is 0 Å². The summed E-state index contributed by atoms with van der Waals surface area (Å²) in [6.07, 6.45) is -1.35. The highest BCUT2D eigenvalue weighted by Gasteiger charge is 2.28. The molecule has 1 atom stereocenters. The number of ether oxygens (including phenoxy) is 7. The Balaban J connectivity index is 1.88. The van der Waals surface area contributed by atoms with Gasteiger partial charge in [0.15, 0.2) is 17.8 Å². The Morgan fingerprint density at radius 2 is 1.31 bits per heavy atom. The van der Waals surface area contributed by atoms with Crippen molar-refractivity contribution in [1.82, 2.24) is 10.2 Å². The molecule has 0 aliphatic heterocycles. The number of nitrogens with zero attached hydrogens (tertiary/aromatic N) is 1. The topological polar surface area (TPSA) is 114 Å². The average Bonchev–Trinajstić information content (AvgIpc) is 3.07. The fraction of sp³-hybridized carbons (Fsp3) is 0.412. The van der Waals surface area contributed by atoms with E-state index >= 15 is 0 Å². The molecule has 0 aromatic heterocycles. The van der Waals surface area contributed by atoms with Crippen molar-refractivity contribution < 1.29 is 42.7 Å². The van der Waals surface area contributed by atoms with Crippen LogP contribution in [0.3, 0.4) is 0 Å². The maximum Gasteiger partial charge on any atom is 0.407 e. The Morgan fingerprint density at radius 1 is 0.756 bits per heavy atom. The monoisotopic (exact) mass is 624 g/mol.